The summed E-state index contributed by atoms with van der Waals surface area (Å²) in [5, 5.41) is 2.70. The fourth-order valence-electron chi connectivity index (χ4n) is 2.56. The number of hydrogen-bond acceptors (Lipinski definition) is 3. The van der Waals surface area contributed by atoms with Crippen LogP contribution in [0.25, 0.3) is 0 Å². The highest BCUT2D eigenvalue weighted by Crippen LogP contribution is 2.30. The summed E-state index contributed by atoms with van der Waals surface area (Å²) in [7, 11) is 0. The van der Waals surface area contributed by atoms with Crippen molar-refractivity contribution in [2.75, 3.05) is 0 Å². The lowest BCUT2D eigenvalue weighted by atomic mass is 10.1. The van der Waals surface area contributed by atoms with Gasteiger partial charge in [0.05, 0.1) is 11.6 Å². The molecule has 4 nitrogen and oxygen atoms in total. The highest BCUT2D eigenvalue weighted by Gasteiger charge is 2.30. The first-order valence-corrected chi connectivity index (χ1v) is 8.57. The molecule has 0 aliphatic carbocycles. The van der Waals surface area contributed by atoms with Crippen LogP contribution >= 0.6 is 0 Å². The van der Waals surface area contributed by atoms with Gasteiger partial charge < -0.3 is 14.5 Å². The van der Waals surface area contributed by atoms with Crippen molar-refractivity contribution in [1.82, 2.24) is 5.32 Å². The van der Waals surface area contributed by atoms with E-state index in [2.05, 4.69) is 5.32 Å². The largest absolute Gasteiger partial charge is 0.486 e. The highest BCUT2D eigenvalue weighted by atomic mass is 19.4. The maximum Gasteiger partial charge on any atom is 0.416 e. The van der Waals surface area contributed by atoms with Gasteiger partial charge in [-0.05, 0) is 48.9 Å². The van der Waals surface area contributed by atoms with Crippen LogP contribution in [-0.4, -0.2) is 5.91 Å². The Labute approximate surface area is 159 Å². The number of para-hydroxylation sites is 1. The number of carbonyl (C=O) groups is 1. The molecule has 0 spiro atoms. The molecule has 1 heterocycles. The molecule has 146 valence electrons. The molecule has 0 fully saturated rings. The zero-order valence-electron chi connectivity index (χ0n) is 15.0. The van der Waals surface area contributed by atoms with Gasteiger partial charge in [0.2, 0.25) is 0 Å². The first-order valence-electron chi connectivity index (χ1n) is 8.57. The Morgan fingerprint density at radius 2 is 1.71 bits per heavy atom. The van der Waals surface area contributed by atoms with Gasteiger partial charge in [-0.1, -0.05) is 30.3 Å². The molecule has 2 aromatic carbocycles. The van der Waals surface area contributed by atoms with Crippen molar-refractivity contribution in [1.29, 1.82) is 0 Å². The van der Waals surface area contributed by atoms with Crippen LogP contribution in [0, 0.1) is 0 Å². The Kier molecular flexibility index (Phi) is 5.73. The molecule has 7 heteroatoms. The molecule has 1 N–H and O–H groups in total. The number of alkyl halides is 3. The number of carbonyl (C=O) groups excluding carboxylic acids is 1. The summed E-state index contributed by atoms with van der Waals surface area (Å²) in [6.45, 7) is 1.86. The van der Waals surface area contributed by atoms with Crippen molar-refractivity contribution in [3.8, 4) is 5.75 Å². The fourth-order valence-corrected chi connectivity index (χ4v) is 2.56. The average Bonchev–Trinajstić information content (AvgIpc) is 3.16. The van der Waals surface area contributed by atoms with Crippen molar-refractivity contribution in [2.24, 2.45) is 0 Å². The molecule has 0 saturated heterocycles. The number of rotatable bonds is 6. The Morgan fingerprint density at radius 1 is 1.04 bits per heavy atom. The fraction of sp³-hybridized carbons (Fsp3) is 0.190. The number of furan rings is 1. The molecule has 1 aromatic heterocycles. The van der Waals surface area contributed by atoms with E-state index < -0.39 is 23.7 Å². The first kappa shape index (κ1) is 19.5. The molecule has 28 heavy (non-hydrogen) atoms. The summed E-state index contributed by atoms with van der Waals surface area (Å²) in [5.41, 5.74) is -0.176. The Morgan fingerprint density at radius 3 is 2.36 bits per heavy atom. The van der Waals surface area contributed by atoms with Gasteiger partial charge in [0.15, 0.2) is 5.76 Å². The van der Waals surface area contributed by atoms with Crippen molar-refractivity contribution in [3.05, 3.63) is 89.4 Å². The van der Waals surface area contributed by atoms with Crippen LogP contribution in [0.2, 0.25) is 0 Å². The molecule has 3 rings (SSSR count). The third-order valence-corrected chi connectivity index (χ3v) is 4.10. The number of ether oxygens (including phenoxy) is 1. The minimum absolute atomic E-state index is 0.102. The third-order valence-electron chi connectivity index (χ3n) is 4.10. The van der Waals surface area contributed by atoms with E-state index in [-0.39, 0.29) is 12.4 Å². The predicted molar refractivity (Wildman–Crippen MR) is 96.8 cm³/mol. The second-order valence-electron chi connectivity index (χ2n) is 6.18. The molecule has 0 aliphatic rings. The molecule has 1 atom stereocenters. The number of amides is 1. The third kappa shape index (κ3) is 4.94. The van der Waals surface area contributed by atoms with Crippen LogP contribution in [0.1, 0.15) is 40.4 Å². The summed E-state index contributed by atoms with van der Waals surface area (Å²) >= 11 is 0. The highest BCUT2D eigenvalue weighted by molar-refractivity contribution is 5.91. The van der Waals surface area contributed by atoms with Crippen LogP contribution in [-0.2, 0) is 12.8 Å². The molecule has 1 amide bonds. The number of hydrogen-bond donors (Lipinski definition) is 1. The molecule has 0 radical (unpaired) electrons. The lowest BCUT2D eigenvalue weighted by Crippen LogP contribution is -2.26. The molecule has 1 unspecified atom stereocenters. The van der Waals surface area contributed by atoms with Crippen molar-refractivity contribution in [3.63, 3.8) is 0 Å². The molecule has 0 saturated carbocycles. The SMILES string of the molecule is CC(NC(=O)c1ccc(COc2ccccc2)o1)c1ccc(C(F)(F)F)cc1. The first-order chi connectivity index (χ1) is 13.3. The molecular weight excluding hydrogens is 371 g/mol. The van der Waals surface area contributed by atoms with Gasteiger partial charge in [0.25, 0.3) is 5.91 Å². The van der Waals surface area contributed by atoms with Gasteiger partial charge in [-0.2, -0.15) is 13.2 Å². The standard InChI is InChI=1S/C21H18F3NO3/c1-14(15-7-9-16(10-8-15)21(22,23)24)25-20(26)19-12-11-18(28-19)13-27-17-5-3-2-4-6-17/h2-12,14H,13H2,1H3,(H,25,26). The van der Waals surface area contributed by atoms with E-state index in [0.717, 1.165) is 12.1 Å². The molecule has 0 bridgehead atoms. The van der Waals surface area contributed by atoms with Crippen LogP contribution in [0.15, 0.2) is 71.1 Å². The predicted octanol–water partition coefficient (Wildman–Crippen LogP) is 5.37. The number of benzene rings is 2. The lowest BCUT2D eigenvalue weighted by Gasteiger charge is -2.14. The van der Waals surface area contributed by atoms with Gasteiger partial charge >= 0.3 is 6.18 Å². The topological polar surface area (TPSA) is 51.5 Å². The van der Waals surface area contributed by atoms with Crippen LogP contribution in [0.5, 0.6) is 5.75 Å². The minimum atomic E-state index is -4.39. The van der Waals surface area contributed by atoms with Gasteiger partial charge in [0, 0.05) is 0 Å². The molecule has 3 aromatic rings. The normalized spacial score (nSPS) is 12.4. The van der Waals surface area contributed by atoms with Gasteiger partial charge in [-0.3, -0.25) is 4.79 Å². The van der Waals surface area contributed by atoms with Crippen molar-refractivity contribution >= 4 is 5.91 Å². The summed E-state index contributed by atoms with van der Waals surface area (Å²) in [6, 6.07) is 16.5. The summed E-state index contributed by atoms with van der Waals surface area (Å²) in [4.78, 5) is 12.3. The zero-order valence-corrected chi connectivity index (χ0v) is 15.0. The second kappa shape index (κ2) is 8.21. The Bertz CT molecular complexity index is 918. The zero-order chi connectivity index (χ0) is 20.1. The van der Waals surface area contributed by atoms with E-state index in [4.69, 9.17) is 9.15 Å². The maximum atomic E-state index is 12.6. The van der Waals surface area contributed by atoms with Crippen LogP contribution in [0.3, 0.4) is 0 Å². The van der Waals surface area contributed by atoms with Gasteiger partial charge in [0.1, 0.15) is 18.1 Å². The average molecular weight is 389 g/mol. The second-order valence-corrected chi connectivity index (χ2v) is 6.18. The number of halogens is 3. The monoisotopic (exact) mass is 389 g/mol. The van der Waals surface area contributed by atoms with E-state index in [1.807, 2.05) is 30.3 Å². The number of nitrogens with one attached hydrogen (secondary N) is 1. The lowest BCUT2D eigenvalue weighted by molar-refractivity contribution is -0.137. The van der Waals surface area contributed by atoms with Gasteiger partial charge in [-0.15, -0.1) is 0 Å². The van der Waals surface area contributed by atoms with E-state index in [1.165, 1.54) is 18.2 Å². The minimum Gasteiger partial charge on any atom is -0.486 e. The Hall–Kier alpha value is -3.22. The van der Waals surface area contributed by atoms with Crippen LogP contribution in [0.4, 0.5) is 13.2 Å². The van der Waals surface area contributed by atoms with E-state index >= 15 is 0 Å². The van der Waals surface area contributed by atoms with E-state index in [1.54, 1.807) is 13.0 Å². The maximum absolute atomic E-state index is 12.6. The van der Waals surface area contributed by atoms with Crippen LogP contribution < -0.4 is 10.1 Å². The smallest absolute Gasteiger partial charge is 0.416 e. The van der Waals surface area contributed by atoms with Gasteiger partial charge in [-0.25, -0.2) is 0 Å². The van der Waals surface area contributed by atoms with E-state index in [9.17, 15) is 18.0 Å². The molecule has 0 aliphatic heterocycles. The van der Waals surface area contributed by atoms with Crippen molar-refractivity contribution in [2.45, 2.75) is 25.7 Å². The summed E-state index contributed by atoms with van der Waals surface area (Å²) < 4.78 is 48.9. The quantitative estimate of drug-likeness (QED) is 0.617. The summed E-state index contributed by atoms with van der Waals surface area (Å²) in [6.07, 6.45) is -4.39. The van der Waals surface area contributed by atoms with E-state index in [0.29, 0.717) is 17.1 Å². The Balaban J connectivity index is 1.58. The summed E-state index contributed by atoms with van der Waals surface area (Å²) in [5.74, 6) is 0.806. The molecular formula is C21H18F3NO3. The van der Waals surface area contributed by atoms with Crippen molar-refractivity contribution < 1.29 is 27.1 Å².